The fraction of sp³-hybridized carbons (Fsp3) is 0.294. The van der Waals surface area contributed by atoms with Crippen LogP contribution in [0.5, 0.6) is 0 Å². The summed E-state index contributed by atoms with van der Waals surface area (Å²) in [5, 5.41) is 2.45. The first kappa shape index (κ1) is 20.5. The number of hydrogen-bond acceptors (Lipinski definition) is 7. The number of carbonyl (C=O) groups is 2. The molecular weight excluding hydrogens is 424 g/mol. The molecule has 2 aromatic rings. The van der Waals surface area contributed by atoms with Crippen molar-refractivity contribution in [2.24, 2.45) is 0 Å². The van der Waals surface area contributed by atoms with Gasteiger partial charge in [0.25, 0.3) is 11.8 Å². The smallest absolute Gasteiger partial charge is 0.267 e. The van der Waals surface area contributed by atoms with Crippen molar-refractivity contribution in [3.8, 4) is 0 Å². The molecule has 0 aliphatic carbocycles. The Balaban J connectivity index is 1.93. The minimum absolute atomic E-state index is 0.00676. The molecule has 150 valence electrons. The Labute approximate surface area is 167 Å². The van der Waals surface area contributed by atoms with Crippen molar-refractivity contribution in [1.82, 2.24) is 10.0 Å². The molecular formula is C17H18N2O6S3. The first-order valence-corrected chi connectivity index (χ1v) is 12.8. The number of benzene rings is 1. The predicted octanol–water partition coefficient (Wildman–Crippen LogP) is 1.46. The van der Waals surface area contributed by atoms with Gasteiger partial charge in [-0.2, -0.15) is 0 Å². The van der Waals surface area contributed by atoms with Crippen molar-refractivity contribution in [1.29, 1.82) is 0 Å². The Hall–Kier alpha value is -2.24. The summed E-state index contributed by atoms with van der Waals surface area (Å²) in [5.74, 6) is -1.09. The van der Waals surface area contributed by atoms with Crippen molar-refractivity contribution in [3.05, 3.63) is 46.8 Å². The normalized spacial score (nSPS) is 15.1. The molecule has 0 saturated carbocycles. The topological polar surface area (TPSA) is 109 Å². The number of rotatable bonds is 4. The Morgan fingerprint density at radius 2 is 1.46 bits per heavy atom. The van der Waals surface area contributed by atoms with Crippen LogP contribution in [0, 0.1) is 0 Å². The van der Waals surface area contributed by atoms with Crippen LogP contribution in [0.25, 0.3) is 0 Å². The van der Waals surface area contributed by atoms with E-state index in [9.17, 15) is 26.4 Å². The quantitative estimate of drug-likeness (QED) is 0.709. The summed E-state index contributed by atoms with van der Waals surface area (Å²) in [6.07, 6.45) is 2.61. The van der Waals surface area contributed by atoms with E-state index in [1.165, 1.54) is 40.3 Å². The minimum atomic E-state index is -3.63. The van der Waals surface area contributed by atoms with Crippen LogP contribution in [0.15, 0.2) is 45.5 Å². The second-order valence-corrected chi connectivity index (χ2v) is 11.7. The van der Waals surface area contributed by atoms with Crippen LogP contribution < -0.4 is 0 Å². The maximum absolute atomic E-state index is 13.0. The summed E-state index contributed by atoms with van der Waals surface area (Å²) in [5.41, 5.74) is -0.00676. The predicted molar refractivity (Wildman–Crippen MR) is 104 cm³/mol. The summed E-state index contributed by atoms with van der Waals surface area (Å²) < 4.78 is 47.4. The third-order valence-electron chi connectivity index (χ3n) is 4.17. The molecule has 0 atom stereocenters. The lowest BCUT2D eigenvalue weighted by molar-refractivity contribution is 0.0187. The van der Waals surface area contributed by atoms with Gasteiger partial charge in [0, 0.05) is 25.6 Å². The van der Waals surface area contributed by atoms with E-state index in [-0.39, 0.29) is 32.6 Å². The highest BCUT2D eigenvalue weighted by Gasteiger charge is 2.34. The molecule has 0 spiro atoms. The Bertz CT molecular complexity index is 1150. The van der Waals surface area contributed by atoms with Crippen LogP contribution in [0.1, 0.15) is 26.5 Å². The van der Waals surface area contributed by atoms with E-state index in [4.69, 9.17) is 0 Å². The molecule has 0 unspecified atom stereocenters. The molecule has 2 heterocycles. The van der Waals surface area contributed by atoms with Crippen molar-refractivity contribution in [2.75, 3.05) is 25.6 Å². The number of hydrazine groups is 1. The lowest BCUT2D eigenvalue weighted by Crippen LogP contribution is -2.45. The summed E-state index contributed by atoms with van der Waals surface area (Å²) in [6, 6.07) is 8.61. The molecule has 1 saturated heterocycles. The molecule has 1 aromatic carbocycles. The van der Waals surface area contributed by atoms with Gasteiger partial charge < -0.3 is 0 Å². The second kappa shape index (κ2) is 7.30. The van der Waals surface area contributed by atoms with Gasteiger partial charge in [-0.1, -0.05) is 12.1 Å². The zero-order valence-electron chi connectivity index (χ0n) is 15.2. The van der Waals surface area contributed by atoms with Crippen LogP contribution >= 0.6 is 11.3 Å². The highest BCUT2D eigenvalue weighted by molar-refractivity contribution is 7.92. The summed E-state index contributed by atoms with van der Waals surface area (Å²) in [4.78, 5) is 25.9. The molecule has 0 N–H and O–H groups in total. The number of sulfone groups is 2. The first-order valence-electron chi connectivity index (χ1n) is 8.23. The largest absolute Gasteiger partial charge is 0.282 e. The van der Waals surface area contributed by atoms with E-state index in [0.717, 1.165) is 23.8 Å². The van der Waals surface area contributed by atoms with Crippen molar-refractivity contribution in [2.45, 2.75) is 15.5 Å². The van der Waals surface area contributed by atoms with Gasteiger partial charge in [-0.05, 0) is 30.7 Å². The molecule has 8 nitrogen and oxygen atoms in total. The molecule has 1 aromatic heterocycles. The lowest BCUT2D eigenvalue weighted by atomic mass is 10.2. The van der Waals surface area contributed by atoms with Gasteiger partial charge in [0.2, 0.25) is 0 Å². The monoisotopic (exact) mass is 442 g/mol. The summed E-state index contributed by atoms with van der Waals surface area (Å²) in [6.45, 7) is 0.532. The Kier molecular flexibility index (Phi) is 5.34. The zero-order chi connectivity index (χ0) is 20.7. The third kappa shape index (κ3) is 3.96. The molecule has 1 fully saturated rings. The Morgan fingerprint density at radius 1 is 0.857 bits per heavy atom. The molecule has 28 heavy (non-hydrogen) atoms. The lowest BCUT2D eigenvalue weighted by Gasteiger charge is -2.28. The van der Waals surface area contributed by atoms with Crippen LogP contribution in [-0.2, 0) is 19.7 Å². The molecule has 2 amide bonds. The number of hydrogen-bond donors (Lipinski definition) is 0. The van der Waals surface area contributed by atoms with Gasteiger partial charge in [-0.3, -0.25) is 9.59 Å². The first-order chi connectivity index (χ1) is 13.0. The van der Waals surface area contributed by atoms with E-state index in [2.05, 4.69) is 0 Å². The van der Waals surface area contributed by atoms with Gasteiger partial charge in [-0.15, -0.1) is 11.3 Å². The Morgan fingerprint density at radius 3 is 2.04 bits per heavy atom. The average molecular weight is 443 g/mol. The van der Waals surface area contributed by atoms with Crippen molar-refractivity contribution >= 4 is 42.8 Å². The van der Waals surface area contributed by atoms with Crippen LogP contribution in [0.4, 0.5) is 0 Å². The van der Waals surface area contributed by atoms with Gasteiger partial charge in [0.05, 0.1) is 15.3 Å². The molecule has 1 aliphatic heterocycles. The fourth-order valence-corrected chi connectivity index (χ4v) is 5.65. The van der Waals surface area contributed by atoms with E-state index in [0.29, 0.717) is 6.42 Å². The molecule has 0 bridgehead atoms. The second-order valence-electron chi connectivity index (χ2n) is 6.37. The highest BCUT2D eigenvalue weighted by Crippen LogP contribution is 2.26. The molecule has 11 heteroatoms. The minimum Gasteiger partial charge on any atom is -0.267 e. The van der Waals surface area contributed by atoms with Crippen LogP contribution in [0.2, 0.25) is 0 Å². The van der Waals surface area contributed by atoms with E-state index in [1.54, 1.807) is 6.07 Å². The SMILES string of the molecule is CS(=O)(=O)c1ccc(C(=O)N2CCCN2C(=O)c2ccccc2S(C)(=O)=O)s1. The van der Waals surface area contributed by atoms with Crippen LogP contribution in [-0.4, -0.2) is 64.3 Å². The van der Waals surface area contributed by atoms with Crippen LogP contribution in [0.3, 0.4) is 0 Å². The molecule has 3 rings (SSSR count). The number of nitrogens with zero attached hydrogens (tertiary/aromatic N) is 2. The van der Waals surface area contributed by atoms with Crippen molar-refractivity contribution in [3.63, 3.8) is 0 Å². The van der Waals surface area contributed by atoms with Crippen molar-refractivity contribution < 1.29 is 26.4 Å². The fourth-order valence-electron chi connectivity index (χ4n) is 2.90. The van der Waals surface area contributed by atoms with Gasteiger partial charge in [-0.25, -0.2) is 26.9 Å². The maximum Gasteiger partial charge on any atom is 0.282 e. The van der Waals surface area contributed by atoms with E-state index in [1.807, 2.05) is 0 Å². The zero-order valence-corrected chi connectivity index (χ0v) is 17.6. The highest BCUT2D eigenvalue weighted by atomic mass is 32.2. The van der Waals surface area contributed by atoms with E-state index < -0.39 is 31.5 Å². The van der Waals surface area contributed by atoms with Gasteiger partial charge >= 0.3 is 0 Å². The van der Waals surface area contributed by atoms with Gasteiger partial charge in [0.1, 0.15) is 4.21 Å². The number of thiophene rings is 1. The summed E-state index contributed by atoms with van der Waals surface area (Å²) in [7, 11) is -7.06. The van der Waals surface area contributed by atoms with E-state index >= 15 is 0 Å². The average Bonchev–Trinajstić information content (AvgIpc) is 3.29. The van der Waals surface area contributed by atoms with Gasteiger partial charge in [0.15, 0.2) is 19.7 Å². The molecule has 1 aliphatic rings. The summed E-state index contributed by atoms with van der Waals surface area (Å²) >= 11 is 0.839. The maximum atomic E-state index is 13.0. The number of carbonyl (C=O) groups excluding carboxylic acids is 2. The number of amides is 2. The molecule has 0 radical (unpaired) electrons. The standard InChI is InChI=1S/C17H18N2O6S3/c1-27(22,23)14-7-4-3-6-12(14)16(20)18-10-5-11-19(18)17(21)13-8-9-15(26-13)28(2,24)25/h3-4,6-9H,5,10-11H2,1-2H3. The third-order valence-corrected chi connectivity index (χ3v) is 8.22.